The van der Waals surface area contributed by atoms with Crippen molar-refractivity contribution in [2.45, 2.75) is 33.7 Å². The lowest BCUT2D eigenvalue weighted by molar-refractivity contribution is 0.268. The third kappa shape index (κ3) is 3.02. The highest BCUT2D eigenvalue weighted by molar-refractivity contribution is 4.88. The fraction of sp³-hybridized carbons (Fsp3) is 0.778. The van der Waals surface area contributed by atoms with Gasteiger partial charge in [-0.05, 0) is 26.9 Å². The topological polar surface area (TPSA) is 3.24 Å². The number of hydrogen-bond donors (Lipinski definition) is 0. The fourth-order valence-electron chi connectivity index (χ4n) is 1.20. The average Bonchev–Trinajstić information content (AvgIpc) is 1.91. The van der Waals surface area contributed by atoms with E-state index in [4.69, 9.17) is 0 Å². The summed E-state index contributed by atoms with van der Waals surface area (Å²) in [7, 11) is 0. The third-order valence-corrected chi connectivity index (χ3v) is 1.86. The summed E-state index contributed by atoms with van der Waals surface area (Å²) in [5, 5.41) is 0. The van der Waals surface area contributed by atoms with Crippen LogP contribution in [0.4, 0.5) is 0 Å². The summed E-state index contributed by atoms with van der Waals surface area (Å²) < 4.78 is 0. The number of allylic oxidation sites excluding steroid dienone is 1. The Kier molecular flexibility index (Phi) is 5.32. The molecule has 0 aromatic carbocycles. The molecule has 0 rings (SSSR count). The van der Waals surface area contributed by atoms with Gasteiger partial charge in [0.2, 0.25) is 0 Å². The van der Waals surface area contributed by atoms with E-state index in [0.717, 1.165) is 13.1 Å². The summed E-state index contributed by atoms with van der Waals surface area (Å²) >= 11 is 0. The van der Waals surface area contributed by atoms with E-state index in [2.05, 4.69) is 44.7 Å². The molecule has 1 unspecified atom stereocenters. The summed E-state index contributed by atoms with van der Waals surface area (Å²) in [4.78, 5) is 2.42. The molecule has 0 saturated heterocycles. The Labute approximate surface area is 64.7 Å². The molecule has 1 atom stereocenters. The Morgan fingerprint density at radius 2 is 1.80 bits per heavy atom. The van der Waals surface area contributed by atoms with Crippen molar-refractivity contribution in [1.29, 1.82) is 0 Å². The van der Waals surface area contributed by atoms with Crippen LogP contribution in [0.3, 0.4) is 0 Å². The molecule has 0 N–H and O–H groups in total. The lowest BCUT2D eigenvalue weighted by Gasteiger charge is -2.23. The van der Waals surface area contributed by atoms with E-state index in [1.165, 1.54) is 0 Å². The molecule has 1 heteroatoms. The molecule has 0 fully saturated rings. The van der Waals surface area contributed by atoms with Crippen molar-refractivity contribution in [3.63, 3.8) is 0 Å². The lowest BCUT2D eigenvalue weighted by atomic mass is 10.2. The van der Waals surface area contributed by atoms with Crippen molar-refractivity contribution >= 4 is 0 Å². The second-order valence-electron chi connectivity index (χ2n) is 2.49. The predicted octanol–water partition coefficient (Wildman–Crippen LogP) is 2.29. The van der Waals surface area contributed by atoms with Gasteiger partial charge in [-0.2, -0.15) is 0 Å². The van der Waals surface area contributed by atoms with Gasteiger partial charge in [-0.15, -0.1) is 0 Å². The first kappa shape index (κ1) is 9.70. The zero-order chi connectivity index (χ0) is 7.98. The second kappa shape index (κ2) is 5.48. The minimum absolute atomic E-state index is 0.597. The first-order valence-electron chi connectivity index (χ1n) is 4.13. The highest BCUT2D eigenvalue weighted by Crippen LogP contribution is 1.98. The fourth-order valence-corrected chi connectivity index (χ4v) is 1.20. The van der Waals surface area contributed by atoms with E-state index in [1.807, 2.05) is 0 Å². The Morgan fingerprint density at radius 1 is 1.30 bits per heavy atom. The molecule has 0 heterocycles. The molecule has 0 bridgehead atoms. The first-order chi connectivity index (χ1) is 4.76. The molecular weight excluding hydrogens is 122 g/mol. The number of nitrogens with zero attached hydrogens (tertiary/aromatic N) is 1. The van der Waals surface area contributed by atoms with E-state index < -0.39 is 0 Å². The van der Waals surface area contributed by atoms with Gasteiger partial charge in [0, 0.05) is 6.04 Å². The summed E-state index contributed by atoms with van der Waals surface area (Å²) in [5.74, 6) is 0. The molecule has 0 aromatic heterocycles. The highest BCUT2D eigenvalue weighted by atomic mass is 15.1. The molecule has 1 nitrogen and oxygen atoms in total. The van der Waals surface area contributed by atoms with Crippen LogP contribution in [0.1, 0.15) is 27.7 Å². The van der Waals surface area contributed by atoms with Gasteiger partial charge in [0.15, 0.2) is 0 Å². The smallest absolute Gasteiger partial charge is 0.0249 e. The average molecular weight is 141 g/mol. The SMILES string of the molecule is CC=CC(C)N(CC)CC. The van der Waals surface area contributed by atoms with Crippen LogP contribution in [0.2, 0.25) is 0 Å². The zero-order valence-electron chi connectivity index (χ0n) is 7.59. The zero-order valence-corrected chi connectivity index (χ0v) is 7.59. The van der Waals surface area contributed by atoms with Crippen LogP contribution in [0, 0.1) is 0 Å². The maximum absolute atomic E-state index is 2.42. The van der Waals surface area contributed by atoms with Gasteiger partial charge in [-0.25, -0.2) is 0 Å². The van der Waals surface area contributed by atoms with E-state index in [-0.39, 0.29) is 0 Å². The van der Waals surface area contributed by atoms with Gasteiger partial charge < -0.3 is 0 Å². The lowest BCUT2D eigenvalue weighted by Crippen LogP contribution is -2.30. The molecule has 0 saturated carbocycles. The van der Waals surface area contributed by atoms with E-state index in [1.54, 1.807) is 0 Å². The third-order valence-electron chi connectivity index (χ3n) is 1.86. The van der Waals surface area contributed by atoms with Crippen molar-refractivity contribution in [3.05, 3.63) is 12.2 Å². The van der Waals surface area contributed by atoms with Crippen LogP contribution in [0.25, 0.3) is 0 Å². The summed E-state index contributed by atoms with van der Waals surface area (Å²) in [6.07, 6.45) is 4.34. The summed E-state index contributed by atoms with van der Waals surface area (Å²) in [6.45, 7) is 11.0. The Hall–Kier alpha value is -0.300. The Balaban J connectivity index is 3.75. The Bertz CT molecular complexity index is 92.9. The van der Waals surface area contributed by atoms with Crippen molar-refractivity contribution < 1.29 is 0 Å². The minimum Gasteiger partial charge on any atom is -0.298 e. The molecule has 0 aliphatic heterocycles. The van der Waals surface area contributed by atoms with Crippen molar-refractivity contribution in [2.24, 2.45) is 0 Å². The van der Waals surface area contributed by atoms with Crippen LogP contribution in [-0.4, -0.2) is 24.0 Å². The maximum Gasteiger partial charge on any atom is 0.0249 e. The van der Waals surface area contributed by atoms with Crippen molar-refractivity contribution in [1.82, 2.24) is 4.90 Å². The van der Waals surface area contributed by atoms with Crippen molar-refractivity contribution in [2.75, 3.05) is 13.1 Å². The molecule has 0 aromatic rings. The monoisotopic (exact) mass is 141 g/mol. The molecule has 60 valence electrons. The number of likely N-dealkylation sites (N-methyl/N-ethyl adjacent to an activating group) is 1. The van der Waals surface area contributed by atoms with Gasteiger partial charge in [0.25, 0.3) is 0 Å². The van der Waals surface area contributed by atoms with Gasteiger partial charge in [0.05, 0.1) is 0 Å². The van der Waals surface area contributed by atoms with Crippen LogP contribution >= 0.6 is 0 Å². The van der Waals surface area contributed by atoms with Crippen molar-refractivity contribution in [3.8, 4) is 0 Å². The predicted molar refractivity (Wildman–Crippen MR) is 47.2 cm³/mol. The molecule has 0 aliphatic rings. The molecule has 10 heavy (non-hydrogen) atoms. The van der Waals surface area contributed by atoms with Gasteiger partial charge in [-0.1, -0.05) is 26.0 Å². The van der Waals surface area contributed by atoms with Gasteiger partial charge in [0.1, 0.15) is 0 Å². The van der Waals surface area contributed by atoms with Gasteiger partial charge in [-0.3, -0.25) is 4.90 Å². The quantitative estimate of drug-likeness (QED) is 0.543. The maximum atomic E-state index is 2.42. The Morgan fingerprint density at radius 3 is 2.10 bits per heavy atom. The van der Waals surface area contributed by atoms with Crippen LogP contribution in [0.15, 0.2) is 12.2 Å². The molecule has 0 spiro atoms. The summed E-state index contributed by atoms with van der Waals surface area (Å²) in [6, 6.07) is 0.597. The standard InChI is InChI=1S/C9H19N/c1-5-8-9(4)10(6-2)7-3/h5,8-9H,6-7H2,1-4H3. The van der Waals surface area contributed by atoms with Crippen LogP contribution in [-0.2, 0) is 0 Å². The second-order valence-corrected chi connectivity index (χ2v) is 2.49. The van der Waals surface area contributed by atoms with E-state index in [9.17, 15) is 0 Å². The molecule has 0 radical (unpaired) electrons. The number of hydrogen-bond acceptors (Lipinski definition) is 1. The van der Waals surface area contributed by atoms with E-state index in [0.29, 0.717) is 6.04 Å². The summed E-state index contributed by atoms with van der Waals surface area (Å²) in [5.41, 5.74) is 0. The van der Waals surface area contributed by atoms with Gasteiger partial charge >= 0.3 is 0 Å². The van der Waals surface area contributed by atoms with E-state index >= 15 is 0 Å². The molecule has 0 aliphatic carbocycles. The molecular formula is C9H19N. The first-order valence-corrected chi connectivity index (χ1v) is 4.13. The van der Waals surface area contributed by atoms with Crippen LogP contribution < -0.4 is 0 Å². The van der Waals surface area contributed by atoms with Crippen LogP contribution in [0.5, 0.6) is 0 Å². The molecule has 0 amide bonds. The normalized spacial score (nSPS) is 14.9. The minimum atomic E-state index is 0.597. The largest absolute Gasteiger partial charge is 0.298 e. The number of rotatable bonds is 4. The highest BCUT2D eigenvalue weighted by Gasteiger charge is 2.03.